The summed E-state index contributed by atoms with van der Waals surface area (Å²) in [6.07, 6.45) is 1.64. The molecule has 1 aromatic rings. The Labute approximate surface area is 140 Å². The molecule has 2 N–H and O–H groups in total. The number of halogens is 1. The normalized spacial score (nSPS) is 17.8. The number of thiocarbonyl (C=S) groups is 1. The number of carbonyl (C=O) groups excluding carboxylic acids is 1. The molecule has 6 heteroatoms. The van der Waals surface area contributed by atoms with Crippen LogP contribution in [-0.2, 0) is 9.53 Å². The smallest absolute Gasteiger partial charge is 0.338 e. The van der Waals surface area contributed by atoms with Gasteiger partial charge in [-0.15, -0.1) is 0 Å². The maximum atomic E-state index is 12.4. The molecule has 0 saturated heterocycles. The number of hydrogen-bond acceptors (Lipinski definition) is 3. The summed E-state index contributed by atoms with van der Waals surface area (Å²) in [5, 5.41) is 7.40. The summed E-state index contributed by atoms with van der Waals surface area (Å²) in [5.74, 6) is -0.326. The largest absolute Gasteiger partial charge is 0.463 e. The van der Waals surface area contributed by atoms with Crippen molar-refractivity contribution in [3.05, 3.63) is 46.1 Å². The van der Waals surface area contributed by atoms with Crippen LogP contribution in [-0.4, -0.2) is 17.7 Å². The van der Waals surface area contributed by atoms with Crippen LogP contribution in [0.4, 0.5) is 0 Å². The second-order valence-electron chi connectivity index (χ2n) is 4.95. The van der Waals surface area contributed by atoms with Crippen molar-refractivity contribution in [3.8, 4) is 0 Å². The molecule has 0 fully saturated rings. The molecule has 0 bridgehead atoms. The Morgan fingerprint density at radius 2 is 2.00 bits per heavy atom. The molecule has 1 aliphatic rings. The number of nitrogens with one attached hydrogen (secondary N) is 2. The topological polar surface area (TPSA) is 50.4 Å². The second-order valence-corrected chi connectivity index (χ2v) is 5.79. The summed E-state index contributed by atoms with van der Waals surface area (Å²) >= 11 is 11.2. The van der Waals surface area contributed by atoms with Crippen LogP contribution in [0.25, 0.3) is 0 Å². The SMILES string of the molecule is CCCC1=C(C(=O)OCC)[C@@H](c2ccc(Cl)cc2)NC(=S)N1. The van der Waals surface area contributed by atoms with Crippen LogP contribution in [0.3, 0.4) is 0 Å². The molecule has 2 rings (SSSR count). The third kappa shape index (κ3) is 3.78. The Kier molecular flexibility index (Phi) is 5.80. The van der Waals surface area contributed by atoms with Crippen molar-refractivity contribution in [3.63, 3.8) is 0 Å². The Bertz CT molecular complexity index is 599. The van der Waals surface area contributed by atoms with Gasteiger partial charge in [0.15, 0.2) is 5.11 Å². The van der Waals surface area contributed by atoms with Crippen LogP contribution < -0.4 is 10.6 Å². The third-order valence-electron chi connectivity index (χ3n) is 3.35. The van der Waals surface area contributed by atoms with Gasteiger partial charge < -0.3 is 15.4 Å². The van der Waals surface area contributed by atoms with Gasteiger partial charge in [0.2, 0.25) is 0 Å². The van der Waals surface area contributed by atoms with Crippen LogP contribution >= 0.6 is 23.8 Å². The lowest BCUT2D eigenvalue weighted by molar-refractivity contribution is -0.139. The van der Waals surface area contributed by atoms with Gasteiger partial charge in [-0.1, -0.05) is 37.1 Å². The molecule has 0 radical (unpaired) electrons. The molecule has 0 aliphatic carbocycles. The fraction of sp³-hybridized carbons (Fsp3) is 0.375. The average molecular weight is 339 g/mol. The minimum Gasteiger partial charge on any atom is -0.463 e. The van der Waals surface area contributed by atoms with E-state index in [2.05, 4.69) is 17.6 Å². The number of rotatable bonds is 5. The van der Waals surface area contributed by atoms with Gasteiger partial charge in [-0.05, 0) is 43.3 Å². The molecule has 118 valence electrons. The predicted molar refractivity (Wildman–Crippen MR) is 91.6 cm³/mol. The van der Waals surface area contributed by atoms with Crippen LogP contribution in [0, 0.1) is 0 Å². The Morgan fingerprint density at radius 3 is 2.59 bits per heavy atom. The average Bonchev–Trinajstić information content (AvgIpc) is 2.48. The van der Waals surface area contributed by atoms with Gasteiger partial charge in [0.1, 0.15) is 0 Å². The second kappa shape index (κ2) is 7.61. The molecule has 0 amide bonds. The lowest BCUT2D eigenvalue weighted by Crippen LogP contribution is -2.45. The summed E-state index contributed by atoms with van der Waals surface area (Å²) in [7, 11) is 0. The van der Waals surface area contributed by atoms with Crippen molar-refractivity contribution in [2.24, 2.45) is 0 Å². The highest BCUT2D eigenvalue weighted by atomic mass is 35.5. The summed E-state index contributed by atoms with van der Waals surface area (Å²) in [4.78, 5) is 12.4. The minimum absolute atomic E-state index is 0.326. The Balaban J connectivity index is 2.47. The van der Waals surface area contributed by atoms with E-state index in [9.17, 15) is 4.79 Å². The van der Waals surface area contributed by atoms with E-state index in [1.165, 1.54) is 0 Å². The van der Waals surface area contributed by atoms with Crippen molar-refractivity contribution < 1.29 is 9.53 Å². The van der Waals surface area contributed by atoms with Crippen molar-refractivity contribution in [1.82, 2.24) is 10.6 Å². The number of ether oxygens (including phenoxy) is 1. The molecular weight excluding hydrogens is 320 g/mol. The monoisotopic (exact) mass is 338 g/mol. The summed E-state index contributed by atoms with van der Waals surface area (Å²) in [6.45, 7) is 4.18. The quantitative estimate of drug-likeness (QED) is 0.636. The fourth-order valence-corrected chi connectivity index (χ4v) is 2.79. The molecule has 0 aromatic heterocycles. The zero-order valence-electron chi connectivity index (χ0n) is 12.6. The number of hydrogen-bond donors (Lipinski definition) is 2. The molecule has 1 atom stereocenters. The Hall–Kier alpha value is -1.59. The first-order valence-corrected chi connectivity index (χ1v) is 8.08. The van der Waals surface area contributed by atoms with Gasteiger partial charge in [-0.25, -0.2) is 4.79 Å². The van der Waals surface area contributed by atoms with Crippen molar-refractivity contribution in [2.75, 3.05) is 6.61 Å². The molecule has 0 unspecified atom stereocenters. The van der Waals surface area contributed by atoms with Crippen LogP contribution in [0.5, 0.6) is 0 Å². The zero-order chi connectivity index (χ0) is 16.1. The number of esters is 1. The molecule has 22 heavy (non-hydrogen) atoms. The summed E-state index contributed by atoms with van der Waals surface area (Å²) < 4.78 is 5.22. The fourth-order valence-electron chi connectivity index (χ4n) is 2.42. The Morgan fingerprint density at radius 1 is 1.32 bits per heavy atom. The summed E-state index contributed by atoms with van der Waals surface area (Å²) in [5.41, 5.74) is 2.33. The van der Waals surface area contributed by atoms with Crippen molar-refractivity contribution >= 4 is 34.9 Å². The van der Waals surface area contributed by atoms with E-state index >= 15 is 0 Å². The standard InChI is InChI=1S/C16H19ClN2O2S/c1-3-5-12-13(15(20)21-4-2)14(19-16(22)18-12)10-6-8-11(17)9-7-10/h6-9,14H,3-5H2,1-2H3,(H2,18,19,22)/t14-/m1/s1. The van der Waals surface area contributed by atoms with Crippen molar-refractivity contribution in [1.29, 1.82) is 0 Å². The van der Waals surface area contributed by atoms with E-state index in [1.54, 1.807) is 19.1 Å². The van der Waals surface area contributed by atoms with Gasteiger partial charge >= 0.3 is 5.97 Å². The third-order valence-corrected chi connectivity index (χ3v) is 3.82. The lowest BCUT2D eigenvalue weighted by atomic mass is 9.94. The molecule has 1 heterocycles. The van der Waals surface area contributed by atoms with E-state index in [4.69, 9.17) is 28.6 Å². The van der Waals surface area contributed by atoms with E-state index in [1.807, 2.05) is 12.1 Å². The number of carbonyl (C=O) groups is 1. The predicted octanol–water partition coefficient (Wildman–Crippen LogP) is 3.48. The molecular formula is C16H19ClN2O2S. The van der Waals surface area contributed by atoms with E-state index < -0.39 is 0 Å². The van der Waals surface area contributed by atoms with E-state index in [-0.39, 0.29) is 12.0 Å². The van der Waals surface area contributed by atoms with Gasteiger partial charge in [0.25, 0.3) is 0 Å². The number of benzene rings is 1. The molecule has 0 saturated carbocycles. The summed E-state index contributed by atoms with van der Waals surface area (Å²) in [6, 6.07) is 7.04. The molecule has 4 nitrogen and oxygen atoms in total. The van der Waals surface area contributed by atoms with Crippen molar-refractivity contribution in [2.45, 2.75) is 32.7 Å². The first-order chi connectivity index (χ1) is 10.6. The van der Waals surface area contributed by atoms with Crippen LogP contribution in [0.1, 0.15) is 38.3 Å². The van der Waals surface area contributed by atoms with Crippen LogP contribution in [0.15, 0.2) is 35.5 Å². The molecule has 0 spiro atoms. The highest BCUT2D eigenvalue weighted by Gasteiger charge is 2.31. The molecule has 1 aliphatic heterocycles. The van der Waals surface area contributed by atoms with Crippen LogP contribution in [0.2, 0.25) is 5.02 Å². The van der Waals surface area contributed by atoms with E-state index in [0.29, 0.717) is 22.3 Å². The number of allylic oxidation sites excluding steroid dienone is 1. The van der Waals surface area contributed by atoms with Gasteiger partial charge in [0.05, 0.1) is 18.2 Å². The van der Waals surface area contributed by atoms with Gasteiger partial charge in [0, 0.05) is 10.7 Å². The minimum atomic E-state index is -0.327. The highest BCUT2D eigenvalue weighted by molar-refractivity contribution is 7.80. The van der Waals surface area contributed by atoms with Gasteiger partial charge in [-0.3, -0.25) is 0 Å². The lowest BCUT2D eigenvalue weighted by Gasteiger charge is -2.31. The first-order valence-electron chi connectivity index (χ1n) is 7.30. The van der Waals surface area contributed by atoms with Gasteiger partial charge in [-0.2, -0.15) is 0 Å². The maximum Gasteiger partial charge on any atom is 0.338 e. The highest BCUT2D eigenvalue weighted by Crippen LogP contribution is 2.30. The maximum absolute atomic E-state index is 12.4. The van der Waals surface area contributed by atoms with E-state index in [0.717, 1.165) is 24.1 Å². The first kappa shape index (κ1) is 16.8. The molecule has 1 aromatic carbocycles. The zero-order valence-corrected chi connectivity index (χ0v) is 14.2.